The monoisotopic (exact) mass is 310 g/mol. The Kier molecular flexibility index (Phi) is 3.86. The minimum absolute atomic E-state index is 1.06. The van der Waals surface area contributed by atoms with Crippen molar-refractivity contribution < 1.29 is 0 Å². The molecule has 0 saturated carbocycles. The fraction of sp³-hybridized carbons (Fsp3) is 0. The van der Waals surface area contributed by atoms with Crippen LogP contribution in [-0.2, 0) is 0 Å². The highest BCUT2D eigenvalue weighted by atomic mass is 14.9. The zero-order valence-corrected chi connectivity index (χ0v) is 13.2. The van der Waals surface area contributed by atoms with Crippen LogP contribution in [0.15, 0.2) is 97.1 Å². The van der Waals surface area contributed by atoms with Gasteiger partial charge in [-0.2, -0.15) is 0 Å². The van der Waals surface area contributed by atoms with E-state index in [2.05, 4.69) is 89.5 Å². The van der Waals surface area contributed by atoms with Gasteiger partial charge >= 0.3 is 0 Å². The third-order valence-electron chi connectivity index (χ3n) is 3.96. The van der Waals surface area contributed by atoms with Crippen LogP contribution in [0.25, 0.3) is 10.8 Å². The van der Waals surface area contributed by atoms with Gasteiger partial charge in [0.1, 0.15) is 0 Å². The topological polar surface area (TPSA) is 24.1 Å². The predicted molar refractivity (Wildman–Crippen MR) is 103 cm³/mol. The van der Waals surface area contributed by atoms with Crippen molar-refractivity contribution in [2.75, 3.05) is 10.6 Å². The molecule has 0 aliphatic heterocycles. The molecule has 0 spiro atoms. The molecule has 2 N–H and O–H groups in total. The van der Waals surface area contributed by atoms with Crippen molar-refractivity contribution >= 4 is 33.5 Å². The third kappa shape index (κ3) is 3.23. The molecule has 4 aromatic carbocycles. The maximum Gasteiger partial charge on any atom is 0.0405 e. The molecule has 2 heteroatoms. The number of hydrogen-bond acceptors (Lipinski definition) is 2. The van der Waals surface area contributed by atoms with Crippen molar-refractivity contribution in [2.45, 2.75) is 0 Å². The van der Waals surface area contributed by atoms with Gasteiger partial charge in [0.15, 0.2) is 0 Å². The fourth-order valence-electron chi connectivity index (χ4n) is 2.80. The Balaban J connectivity index is 1.56. The highest BCUT2D eigenvalue weighted by Crippen LogP contribution is 2.25. The first-order valence-corrected chi connectivity index (χ1v) is 8.05. The molecule has 0 heterocycles. The van der Waals surface area contributed by atoms with Crippen LogP contribution in [0.1, 0.15) is 0 Å². The number of rotatable bonds is 4. The molecule has 0 bridgehead atoms. The molecule has 0 aromatic heterocycles. The summed E-state index contributed by atoms with van der Waals surface area (Å²) in [5.41, 5.74) is 4.30. The van der Waals surface area contributed by atoms with Crippen LogP contribution < -0.4 is 10.6 Å². The summed E-state index contributed by atoms with van der Waals surface area (Å²) < 4.78 is 0. The maximum atomic E-state index is 3.48. The standard InChI is InChI=1S/C22H18N2/c1-2-9-19(10-3-1)23-20-11-6-12-21(16-20)24-22-14-13-17-7-4-5-8-18(17)15-22/h1-16,23-24H. The van der Waals surface area contributed by atoms with Crippen molar-refractivity contribution in [3.8, 4) is 0 Å². The lowest BCUT2D eigenvalue weighted by Crippen LogP contribution is -1.93. The van der Waals surface area contributed by atoms with E-state index in [1.807, 2.05) is 18.2 Å². The molecular weight excluding hydrogens is 292 g/mol. The van der Waals surface area contributed by atoms with Gasteiger partial charge in [-0.25, -0.2) is 0 Å². The van der Waals surface area contributed by atoms with Gasteiger partial charge in [0.2, 0.25) is 0 Å². The van der Waals surface area contributed by atoms with Gasteiger partial charge in [-0.1, -0.05) is 54.6 Å². The van der Waals surface area contributed by atoms with Crippen LogP contribution in [0.5, 0.6) is 0 Å². The first-order chi connectivity index (χ1) is 11.9. The van der Waals surface area contributed by atoms with Crippen LogP contribution in [0.3, 0.4) is 0 Å². The Labute approximate surface area is 141 Å². The highest BCUT2D eigenvalue weighted by molar-refractivity contribution is 5.86. The van der Waals surface area contributed by atoms with Gasteiger partial charge < -0.3 is 10.6 Å². The Morgan fingerprint density at radius 2 is 0.958 bits per heavy atom. The molecule has 0 aliphatic rings. The molecule has 4 aromatic rings. The summed E-state index contributed by atoms with van der Waals surface area (Å²) in [6.45, 7) is 0. The van der Waals surface area contributed by atoms with E-state index in [0.717, 1.165) is 22.7 Å². The summed E-state index contributed by atoms with van der Waals surface area (Å²) in [5, 5.41) is 9.39. The van der Waals surface area contributed by atoms with Crippen LogP contribution in [0.2, 0.25) is 0 Å². The Morgan fingerprint density at radius 1 is 0.375 bits per heavy atom. The lowest BCUT2D eigenvalue weighted by atomic mass is 10.1. The Morgan fingerprint density at radius 3 is 1.75 bits per heavy atom. The lowest BCUT2D eigenvalue weighted by Gasteiger charge is -2.11. The molecule has 0 unspecified atom stereocenters. The van der Waals surface area contributed by atoms with Gasteiger partial charge in [-0.15, -0.1) is 0 Å². The van der Waals surface area contributed by atoms with E-state index < -0.39 is 0 Å². The molecule has 0 saturated heterocycles. The molecule has 4 rings (SSSR count). The number of hydrogen-bond donors (Lipinski definition) is 2. The molecule has 2 nitrogen and oxygen atoms in total. The molecule has 0 aliphatic carbocycles. The zero-order valence-electron chi connectivity index (χ0n) is 13.2. The Bertz CT molecular complexity index is 961. The van der Waals surface area contributed by atoms with E-state index in [1.54, 1.807) is 0 Å². The van der Waals surface area contributed by atoms with E-state index >= 15 is 0 Å². The van der Waals surface area contributed by atoms with Gasteiger partial charge in [0, 0.05) is 22.7 Å². The van der Waals surface area contributed by atoms with Crippen molar-refractivity contribution in [1.82, 2.24) is 0 Å². The van der Waals surface area contributed by atoms with E-state index in [1.165, 1.54) is 10.8 Å². The maximum absolute atomic E-state index is 3.48. The second-order valence-electron chi connectivity index (χ2n) is 5.76. The van der Waals surface area contributed by atoms with Crippen molar-refractivity contribution in [2.24, 2.45) is 0 Å². The van der Waals surface area contributed by atoms with Crippen LogP contribution in [-0.4, -0.2) is 0 Å². The minimum Gasteiger partial charge on any atom is -0.355 e. The SMILES string of the molecule is c1ccc(Nc2cccc(Nc3ccc4ccccc4c3)c2)cc1. The average molecular weight is 310 g/mol. The van der Waals surface area contributed by atoms with Gasteiger partial charge in [-0.3, -0.25) is 0 Å². The average Bonchev–Trinajstić information content (AvgIpc) is 2.63. The van der Waals surface area contributed by atoms with Crippen molar-refractivity contribution in [1.29, 1.82) is 0 Å². The van der Waals surface area contributed by atoms with Gasteiger partial charge in [0.05, 0.1) is 0 Å². The van der Waals surface area contributed by atoms with E-state index in [9.17, 15) is 0 Å². The summed E-state index contributed by atoms with van der Waals surface area (Å²) in [5.74, 6) is 0. The van der Waals surface area contributed by atoms with Crippen LogP contribution in [0, 0.1) is 0 Å². The lowest BCUT2D eigenvalue weighted by molar-refractivity contribution is 1.52. The summed E-state index contributed by atoms with van der Waals surface area (Å²) in [6.07, 6.45) is 0. The highest BCUT2D eigenvalue weighted by Gasteiger charge is 1.99. The van der Waals surface area contributed by atoms with E-state index in [0.29, 0.717) is 0 Å². The summed E-state index contributed by atoms with van der Waals surface area (Å²) in [7, 11) is 0. The fourth-order valence-corrected chi connectivity index (χ4v) is 2.80. The summed E-state index contributed by atoms with van der Waals surface area (Å²) in [4.78, 5) is 0. The normalized spacial score (nSPS) is 10.5. The first kappa shape index (κ1) is 14.3. The van der Waals surface area contributed by atoms with Crippen LogP contribution >= 0.6 is 0 Å². The molecule has 0 atom stereocenters. The number of nitrogens with one attached hydrogen (secondary N) is 2. The Hall–Kier alpha value is -3.26. The van der Waals surface area contributed by atoms with E-state index in [-0.39, 0.29) is 0 Å². The van der Waals surface area contributed by atoms with Gasteiger partial charge in [0.25, 0.3) is 0 Å². The molecule has 0 amide bonds. The zero-order chi connectivity index (χ0) is 16.2. The summed E-state index contributed by atoms with van der Waals surface area (Å²) in [6, 6.07) is 33.3. The molecule has 0 radical (unpaired) electrons. The van der Waals surface area contributed by atoms with Gasteiger partial charge in [-0.05, 0) is 53.2 Å². The number of fused-ring (bicyclic) bond motifs is 1. The molecule has 0 fully saturated rings. The van der Waals surface area contributed by atoms with E-state index in [4.69, 9.17) is 0 Å². The quantitative estimate of drug-likeness (QED) is 0.460. The second kappa shape index (κ2) is 6.47. The largest absolute Gasteiger partial charge is 0.355 e. The molecule has 24 heavy (non-hydrogen) atoms. The number of benzene rings is 4. The van der Waals surface area contributed by atoms with Crippen molar-refractivity contribution in [3.05, 3.63) is 97.1 Å². The third-order valence-corrected chi connectivity index (χ3v) is 3.96. The predicted octanol–water partition coefficient (Wildman–Crippen LogP) is 6.33. The van der Waals surface area contributed by atoms with Crippen molar-refractivity contribution in [3.63, 3.8) is 0 Å². The molecular formula is C22H18N2. The first-order valence-electron chi connectivity index (χ1n) is 8.05. The molecule has 116 valence electrons. The summed E-state index contributed by atoms with van der Waals surface area (Å²) >= 11 is 0. The second-order valence-corrected chi connectivity index (χ2v) is 5.76. The van der Waals surface area contributed by atoms with Crippen LogP contribution in [0.4, 0.5) is 22.7 Å². The minimum atomic E-state index is 1.06. The number of para-hydroxylation sites is 1. The smallest absolute Gasteiger partial charge is 0.0405 e. The number of anilines is 4.